The summed E-state index contributed by atoms with van der Waals surface area (Å²) in [6.45, 7) is 0. The van der Waals surface area contributed by atoms with E-state index in [1.54, 1.807) is 29.6 Å². The molecule has 6 nitrogen and oxygen atoms in total. The van der Waals surface area contributed by atoms with Gasteiger partial charge >= 0.3 is 0 Å². The Morgan fingerprint density at radius 3 is 2.59 bits per heavy atom. The zero-order chi connectivity index (χ0) is 19.6. The molecular formula is C16H13Cl2FN4O2S2. The molecule has 0 unspecified atom stereocenters. The van der Waals surface area contributed by atoms with Gasteiger partial charge in [-0.05, 0) is 18.2 Å². The maximum atomic E-state index is 14.5. The van der Waals surface area contributed by atoms with Crippen LogP contribution in [-0.2, 0) is 10.0 Å². The fourth-order valence-electron chi connectivity index (χ4n) is 2.26. The van der Waals surface area contributed by atoms with Gasteiger partial charge in [-0.15, -0.1) is 11.3 Å². The normalized spacial score (nSPS) is 12.6. The molecule has 0 saturated heterocycles. The van der Waals surface area contributed by atoms with E-state index in [9.17, 15) is 12.8 Å². The quantitative estimate of drug-likeness (QED) is 0.485. The van der Waals surface area contributed by atoms with Gasteiger partial charge in [0.05, 0.1) is 10.7 Å². The van der Waals surface area contributed by atoms with Crippen molar-refractivity contribution in [3.05, 3.63) is 69.4 Å². The first-order chi connectivity index (χ1) is 12.8. The van der Waals surface area contributed by atoms with E-state index in [0.29, 0.717) is 10.6 Å². The van der Waals surface area contributed by atoms with Gasteiger partial charge in [0, 0.05) is 22.2 Å². The Bertz CT molecular complexity index is 1060. The van der Waals surface area contributed by atoms with Crippen molar-refractivity contribution in [2.24, 2.45) is 5.73 Å². The Balaban J connectivity index is 1.88. The predicted octanol–water partition coefficient (Wildman–Crippen LogP) is 4.46. The molecule has 11 heteroatoms. The molecule has 0 amide bonds. The molecule has 0 bridgehead atoms. The molecule has 4 N–H and O–H groups in total. The summed E-state index contributed by atoms with van der Waals surface area (Å²) in [6.07, 6.45) is 0.654. The molecule has 2 aromatic carbocycles. The molecule has 0 aliphatic rings. The number of anilines is 2. The van der Waals surface area contributed by atoms with Gasteiger partial charge in [-0.1, -0.05) is 41.4 Å². The Hall–Kier alpha value is -1.91. The molecule has 0 aliphatic heterocycles. The van der Waals surface area contributed by atoms with Crippen LogP contribution >= 0.6 is 34.5 Å². The molecule has 3 rings (SSSR count). The summed E-state index contributed by atoms with van der Waals surface area (Å²) in [5, 5.41) is 4.95. The minimum absolute atomic E-state index is 0.0154. The maximum absolute atomic E-state index is 14.5. The van der Waals surface area contributed by atoms with E-state index in [1.807, 2.05) is 0 Å². The topological polar surface area (TPSA) is 97.1 Å². The summed E-state index contributed by atoms with van der Waals surface area (Å²) >= 11 is 13.3. The third-order valence-corrected chi connectivity index (χ3v) is 6.34. The predicted molar refractivity (Wildman–Crippen MR) is 106 cm³/mol. The third kappa shape index (κ3) is 4.50. The maximum Gasteiger partial charge on any atom is 0.266 e. The molecule has 1 atom stereocenters. The number of thiazole rings is 1. The highest BCUT2D eigenvalue weighted by molar-refractivity contribution is 7.93. The number of nitrogens with one attached hydrogen (secondary N) is 2. The van der Waals surface area contributed by atoms with E-state index in [2.05, 4.69) is 15.0 Å². The molecule has 0 spiro atoms. The van der Waals surface area contributed by atoms with Gasteiger partial charge in [-0.25, -0.2) is 17.8 Å². The number of halogens is 3. The largest absolute Gasteiger partial charge is 0.365 e. The minimum Gasteiger partial charge on any atom is -0.365 e. The lowest BCUT2D eigenvalue weighted by molar-refractivity contribution is 0.570. The number of nitrogens with two attached hydrogens (primary N) is 1. The van der Waals surface area contributed by atoms with Crippen molar-refractivity contribution in [3.8, 4) is 0 Å². The number of hydrogen-bond acceptors (Lipinski definition) is 6. The molecule has 0 fully saturated rings. The SMILES string of the molecule is N[C@H](Nc1cc(F)c(S(=O)(=O)Nc2nccs2)cc1Cl)c1ccccc1Cl. The van der Waals surface area contributed by atoms with Crippen molar-refractivity contribution in [1.29, 1.82) is 0 Å². The lowest BCUT2D eigenvalue weighted by atomic mass is 10.1. The Labute approximate surface area is 169 Å². The average molecular weight is 447 g/mol. The first kappa shape index (κ1) is 19.8. The van der Waals surface area contributed by atoms with Crippen LogP contribution in [0, 0.1) is 5.82 Å². The van der Waals surface area contributed by atoms with Crippen LogP contribution < -0.4 is 15.8 Å². The monoisotopic (exact) mass is 446 g/mol. The molecule has 27 heavy (non-hydrogen) atoms. The van der Waals surface area contributed by atoms with Gasteiger partial charge in [-0.2, -0.15) is 0 Å². The first-order valence-corrected chi connectivity index (χ1v) is 10.6. The average Bonchev–Trinajstić information content (AvgIpc) is 3.10. The zero-order valence-corrected chi connectivity index (χ0v) is 16.6. The Morgan fingerprint density at radius 1 is 1.19 bits per heavy atom. The molecule has 3 aromatic rings. The number of sulfonamides is 1. The Kier molecular flexibility index (Phi) is 5.87. The number of benzene rings is 2. The van der Waals surface area contributed by atoms with E-state index in [1.165, 1.54) is 6.20 Å². The van der Waals surface area contributed by atoms with Crippen LogP contribution in [0.25, 0.3) is 0 Å². The number of nitrogens with zero attached hydrogens (tertiary/aromatic N) is 1. The van der Waals surface area contributed by atoms with Gasteiger partial charge < -0.3 is 11.1 Å². The standard InChI is InChI=1S/C16H13Cl2FN4O2S2/c17-10-4-2-1-3-9(10)15(20)22-13-8-12(19)14(7-11(13)18)27(24,25)23-16-21-5-6-26-16/h1-8,15,22H,20H2,(H,21,23)/t15-/m1/s1. The van der Waals surface area contributed by atoms with Crippen molar-refractivity contribution in [2.75, 3.05) is 10.0 Å². The van der Waals surface area contributed by atoms with Crippen molar-refractivity contribution in [2.45, 2.75) is 11.1 Å². The highest BCUT2D eigenvalue weighted by atomic mass is 35.5. The van der Waals surface area contributed by atoms with Gasteiger partial charge in [0.15, 0.2) is 5.13 Å². The van der Waals surface area contributed by atoms with Gasteiger partial charge in [0.25, 0.3) is 10.0 Å². The van der Waals surface area contributed by atoms with E-state index < -0.39 is 26.9 Å². The molecule has 1 aromatic heterocycles. The lowest BCUT2D eigenvalue weighted by Crippen LogP contribution is -2.21. The van der Waals surface area contributed by atoms with Crippen LogP contribution in [0.2, 0.25) is 10.0 Å². The van der Waals surface area contributed by atoms with Crippen molar-refractivity contribution in [3.63, 3.8) is 0 Å². The molecular weight excluding hydrogens is 434 g/mol. The lowest BCUT2D eigenvalue weighted by Gasteiger charge is -2.18. The highest BCUT2D eigenvalue weighted by Gasteiger charge is 2.23. The molecule has 1 heterocycles. The number of rotatable bonds is 6. The number of hydrogen-bond donors (Lipinski definition) is 3. The molecule has 142 valence electrons. The van der Waals surface area contributed by atoms with Crippen LogP contribution in [-0.4, -0.2) is 13.4 Å². The van der Waals surface area contributed by atoms with Crippen LogP contribution in [0.4, 0.5) is 15.2 Å². The smallest absolute Gasteiger partial charge is 0.266 e. The second kappa shape index (κ2) is 7.99. The molecule has 0 radical (unpaired) electrons. The van der Waals surface area contributed by atoms with Crippen molar-refractivity contribution in [1.82, 2.24) is 4.98 Å². The van der Waals surface area contributed by atoms with E-state index in [-0.39, 0.29) is 15.8 Å². The molecule has 0 aliphatic carbocycles. The van der Waals surface area contributed by atoms with Crippen LogP contribution in [0.1, 0.15) is 11.7 Å². The van der Waals surface area contributed by atoms with Gasteiger partial charge in [-0.3, -0.25) is 4.72 Å². The number of aromatic nitrogens is 1. The Morgan fingerprint density at radius 2 is 1.93 bits per heavy atom. The summed E-state index contributed by atoms with van der Waals surface area (Å²) in [6, 6.07) is 8.86. The van der Waals surface area contributed by atoms with E-state index >= 15 is 0 Å². The van der Waals surface area contributed by atoms with Crippen LogP contribution in [0.5, 0.6) is 0 Å². The summed E-state index contributed by atoms with van der Waals surface area (Å²) in [7, 11) is -4.18. The first-order valence-electron chi connectivity index (χ1n) is 7.46. The minimum atomic E-state index is -4.18. The van der Waals surface area contributed by atoms with Gasteiger partial charge in [0.1, 0.15) is 16.9 Å². The van der Waals surface area contributed by atoms with Gasteiger partial charge in [0.2, 0.25) is 0 Å². The van der Waals surface area contributed by atoms with Crippen molar-refractivity contribution < 1.29 is 12.8 Å². The highest BCUT2D eigenvalue weighted by Crippen LogP contribution is 2.32. The third-order valence-electron chi connectivity index (χ3n) is 3.52. The zero-order valence-electron chi connectivity index (χ0n) is 13.5. The van der Waals surface area contributed by atoms with E-state index in [4.69, 9.17) is 28.9 Å². The fourth-order valence-corrected chi connectivity index (χ4v) is 4.67. The summed E-state index contributed by atoms with van der Waals surface area (Å²) < 4.78 is 41.4. The van der Waals surface area contributed by atoms with Crippen molar-refractivity contribution >= 4 is 55.4 Å². The van der Waals surface area contributed by atoms with Crippen LogP contribution in [0.3, 0.4) is 0 Å². The fraction of sp³-hybridized carbons (Fsp3) is 0.0625. The molecule has 0 saturated carbocycles. The summed E-state index contributed by atoms with van der Waals surface area (Å²) in [5.74, 6) is -0.989. The van der Waals surface area contributed by atoms with Crippen LogP contribution in [0.15, 0.2) is 52.9 Å². The summed E-state index contributed by atoms with van der Waals surface area (Å²) in [4.78, 5) is 3.21. The second-order valence-electron chi connectivity index (χ2n) is 5.35. The summed E-state index contributed by atoms with van der Waals surface area (Å²) in [5.41, 5.74) is 6.76. The van der Waals surface area contributed by atoms with E-state index in [0.717, 1.165) is 23.5 Å². The second-order valence-corrected chi connectivity index (χ2v) is 8.71.